The number of benzene rings is 1. The first-order valence-electron chi connectivity index (χ1n) is 8.50. The van der Waals surface area contributed by atoms with E-state index >= 15 is 0 Å². The monoisotopic (exact) mass is 381 g/mol. The topological polar surface area (TPSA) is 79.4 Å². The third kappa shape index (κ3) is 4.62. The van der Waals surface area contributed by atoms with E-state index in [2.05, 4.69) is 24.1 Å². The lowest BCUT2D eigenvalue weighted by molar-refractivity contribution is -0.127. The highest BCUT2D eigenvalue weighted by atomic mass is 32.2. The van der Waals surface area contributed by atoms with Gasteiger partial charge in [0.1, 0.15) is 6.54 Å². The maximum atomic E-state index is 12.4. The molecule has 1 aromatic heterocycles. The molecule has 1 saturated heterocycles. The molecule has 1 aliphatic rings. The summed E-state index contributed by atoms with van der Waals surface area (Å²) in [4.78, 5) is 42.1. The van der Waals surface area contributed by atoms with Crippen LogP contribution in [-0.4, -0.2) is 33.5 Å². The Morgan fingerprint density at radius 3 is 2.56 bits per heavy atom. The summed E-state index contributed by atoms with van der Waals surface area (Å²) in [7, 11) is 0. The van der Waals surface area contributed by atoms with Gasteiger partial charge in [-0.25, -0.2) is 0 Å². The molecular formula is C20H19N3O3S. The van der Waals surface area contributed by atoms with Crippen LogP contribution >= 0.6 is 11.8 Å². The average molecular weight is 381 g/mol. The van der Waals surface area contributed by atoms with E-state index in [0.29, 0.717) is 17.3 Å². The number of amides is 3. The fourth-order valence-corrected chi connectivity index (χ4v) is 3.35. The zero-order chi connectivity index (χ0) is 19.4. The van der Waals surface area contributed by atoms with Gasteiger partial charge in [-0.05, 0) is 53.6 Å². The van der Waals surface area contributed by atoms with Crippen LogP contribution in [0.3, 0.4) is 0 Å². The molecule has 1 aromatic carbocycles. The number of pyridine rings is 1. The van der Waals surface area contributed by atoms with Crippen molar-refractivity contribution in [3.63, 3.8) is 0 Å². The van der Waals surface area contributed by atoms with E-state index in [-0.39, 0.29) is 11.4 Å². The molecule has 0 atom stereocenters. The van der Waals surface area contributed by atoms with E-state index in [0.717, 1.165) is 16.7 Å². The predicted octanol–water partition coefficient (Wildman–Crippen LogP) is 3.88. The second-order valence-corrected chi connectivity index (χ2v) is 7.34. The van der Waals surface area contributed by atoms with Crippen molar-refractivity contribution in [1.29, 1.82) is 0 Å². The summed E-state index contributed by atoms with van der Waals surface area (Å²) in [6.07, 6.45) is 3.15. The number of imide groups is 1. The van der Waals surface area contributed by atoms with Crippen LogP contribution in [0.25, 0.3) is 6.08 Å². The van der Waals surface area contributed by atoms with Gasteiger partial charge in [-0.1, -0.05) is 32.0 Å². The molecule has 7 heteroatoms. The van der Waals surface area contributed by atoms with Gasteiger partial charge in [-0.15, -0.1) is 0 Å². The molecule has 1 aliphatic heterocycles. The number of rotatable bonds is 5. The first kappa shape index (κ1) is 18.8. The third-order valence-electron chi connectivity index (χ3n) is 4.00. The van der Waals surface area contributed by atoms with E-state index in [1.807, 2.05) is 24.3 Å². The minimum Gasteiger partial charge on any atom is -0.325 e. The molecule has 2 aromatic rings. The number of anilines is 1. The van der Waals surface area contributed by atoms with Crippen molar-refractivity contribution in [2.45, 2.75) is 19.8 Å². The smallest absolute Gasteiger partial charge is 0.294 e. The molecule has 27 heavy (non-hydrogen) atoms. The van der Waals surface area contributed by atoms with E-state index < -0.39 is 17.1 Å². The molecule has 0 radical (unpaired) electrons. The Hall–Kier alpha value is -2.93. The van der Waals surface area contributed by atoms with Crippen LogP contribution in [0.15, 0.2) is 53.6 Å². The molecule has 1 N–H and O–H groups in total. The van der Waals surface area contributed by atoms with Crippen molar-refractivity contribution < 1.29 is 14.4 Å². The van der Waals surface area contributed by atoms with Crippen molar-refractivity contribution >= 4 is 40.6 Å². The summed E-state index contributed by atoms with van der Waals surface area (Å²) in [6.45, 7) is 3.86. The molecule has 1 fully saturated rings. The average Bonchev–Trinajstić information content (AvgIpc) is 2.90. The Kier molecular flexibility index (Phi) is 5.71. The summed E-state index contributed by atoms with van der Waals surface area (Å²) in [5.74, 6) is -0.509. The van der Waals surface area contributed by atoms with Crippen LogP contribution in [0.1, 0.15) is 31.0 Å². The highest BCUT2D eigenvalue weighted by molar-refractivity contribution is 8.18. The Morgan fingerprint density at radius 2 is 1.93 bits per heavy atom. The zero-order valence-corrected chi connectivity index (χ0v) is 15.8. The first-order valence-corrected chi connectivity index (χ1v) is 9.32. The molecule has 3 rings (SSSR count). The lowest BCUT2D eigenvalue weighted by atomic mass is 10.0. The van der Waals surface area contributed by atoms with E-state index in [4.69, 9.17) is 0 Å². The Balaban J connectivity index is 1.64. The summed E-state index contributed by atoms with van der Waals surface area (Å²) in [5.41, 5.74) is 2.37. The lowest BCUT2D eigenvalue weighted by Crippen LogP contribution is -2.36. The minimum atomic E-state index is -0.485. The standard InChI is InChI=1S/C20H19N3O3S/c1-13(2)14-6-8-15(9-7-14)22-18(24)12-23-19(25)17(27-20(23)26)11-16-5-3-4-10-21-16/h3-11,13H,12H2,1-2H3,(H,22,24)/b17-11-. The maximum absolute atomic E-state index is 12.4. The Labute approximate surface area is 161 Å². The number of carbonyl (C=O) groups excluding carboxylic acids is 3. The molecular weight excluding hydrogens is 362 g/mol. The quantitative estimate of drug-likeness (QED) is 0.795. The van der Waals surface area contributed by atoms with Crippen LogP contribution in [-0.2, 0) is 9.59 Å². The van der Waals surface area contributed by atoms with Crippen molar-refractivity contribution in [3.05, 3.63) is 64.8 Å². The molecule has 0 aliphatic carbocycles. The summed E-state index contributed by atoms with van der Waals surface area (Å²) >= 11 is 0.809. The number of carbonyl (C=O) groups is 3. The van der Waals surface area contributed by atoms with Crippen molar-refractivity contribution in [3.8, 4) is 0 Å². The fraction of sp³-hybridized carbons (Fsp3) is 0.200. The molecule has 6 nitrogen and oxygen atoms in total. The maximum Gasteiger partial charge on any atom is 0.294 e. The van der Waals surface area contributed by atoms with Gasteiger partial charge >= 0.3 is 0 Å². The van der Waals surface area contributed by atoms with Crippen LogP contribution in [0.2, 0.25) is 0 Å². The molecule has 0 saturated carbocycles. The second-order valence-electron chi connectivity index (χ2n) is 6.35. The van der Waals surface area contributed by atoms with Gasteiger partial charge in [-0.3, -0.25) is 24.3 Å². The van der Waals surface area contributed by atoms with E-state index in [1.54, 1.807) is 30.5 Å². The van der Waals surface area contributed by atoms with Gasteiger partial charge in [0, 0.05) is 11.9 Å². The summed E-state index contributed by atoms with van der Waals surface area (Å²) in [6, 6.07) is 12.8. The van der Waals surface area contributed by atoms with Gasteiger partial charge in [-0.2, -0.15) is 0 Å². The predicted molar refractivity (Wildman–Crippen MR) is 106 cm³/mol. The second kappa shape index (κ2) is 8.18. The molecule has 3 amide bonds. The highest BCUT2D eigenvalue weighted by Gasteiger charge is 2.36. The first-order chi connectivity index (χ1) is 12.9. The molecule has 0 unspecified atom stereocenters. The van der Waals surface area contributed by atoms with Crippen molar-refractivity contribution in [2.24, 2.45) is 0 Å². The Bertz CT molecular complexity index is 892. The SMILES string of the molecule is CC(C)c1ccc(NC(=O)CN2C(=O)S/C(=C\c3ccccn3)C2=O)cc1. The van der Waals surface area contributed by atoms with E-state index in [9.17, 15) is 14.4 Å². The number of hydrogen-bond acceptors (Lipinski definition) is 5. The molecule has 138 valence electrons. The van der Waals surface area contributed by atoms with Gasteiger partial charge in [0.25, 0.3) is 11.1 Å². The van der Waals surface area contributed by atoms with Gasteiger partial charge in [0.2, 0.25) is 5.91 Å². The van der Waals surface area contributed by atoms with Gasteiger partial charge in [0.15, 0.2) is 0 Å². The molecule has 0 spiro atoms. The number of thioether (sulfide) groups is 1. The van der Waals surface area contributed by atoms with Crippen LogP contribution < -0.4 is 5.32 Å². The van der Waals surface area contributed by atoms with Crippen molar-refractivity contribution in [2.75, 3.05) is 11.9 Å². The van der Waals surface area contributed by atoms with Crippen LogP contribution in [0.5, 0.6) is 0 Å². The third-order valence-corrected chi connectivity index (χ3v) is 4.91. The van der Waals surface area contributed by atoms with Crippen molar-refractivity contribution in [1.82, 2.24) is 9.88 Å². The number of nitrogens with one attached hydrogen (secondary N) is 1. The fourth-order valence-electron chi connectivity index (χ4n) is 2.53. The number of hydrogen-bond donors (Lipinski definition) is 1. The Morgan fingerprint density at radius 1 is 1.19 bits per heavy atom. The summed E-state index contributed by atoms with van der Waals surface area (Å²) in [5, 5.41) is 2.25. The number of aromatic nitrogens is 1. The summed E-state index contributed by atoms with van der Waals surface area (Å²) < 4.78 is 0. The van der Waals surface area contributed by atoms with Gasteiger partial charge in [0.05, 0.1) is 10.6 Å². The molecule has 0 bridgehead atoms. The van der Waals surface area contributed by atoms with Crippen LogP contribution in [0.4, 0.5) is 10.5 Å². The largest absolute Gasteiger partial charge is 0.325 e. The van der Waals surface area contributed by atoms with E-state index in [1.165, 1.54) is 5.56 Å². The number of nitrogens with zero attached hydrogens (tertiary/aromatic N) is 2. The van der Waals surface area contributed by atoms with Crippen LogP contribution in [0, 0.1) is 0 Å². The lowest BCUT2D eigenvalue weighted by Gasteiger charge is -2.13. The minimum absolute atomic E-state index is 0.257. The highest BCUT2D eigenvalue weighted by Crippen LogP contribution is 2.31. The zero-order valence-electron chi connectivity index (χ0n) is 15.0. The normalized spacial score (nSPS) is 15.7. The van der Waals surface area contributed by atoms with Gasteiger partial charge < -0.3 is 5.32 Å². The molecule has 2 heterocycles.